The Balaban J connectivity index is 0.000000810. The molecule has 1 aromatic carbocycles. The van der Waals surface area contributed by atoms with Crippen LogP contribution in [0.5, 0.6) is 5.75 Å². The summed E-state index contributed by atoms with van der Waals surface area (Å²) in [6.45, 7) is 0. The molecule has 0 atom stereocenters. The van der Waals surface area contributed by atoms with Gasteiger partial charge in [0.15, 0.2) is 0 Å². The molecule has 0 fully saturated rings. The van der Waals surface area contributed by atoms with Crippen molar-refractivity contribution < 1.29 is 5.11 Å². The number of hydrogen-bond donors (Lipinski definition) is 1. The van der Waals surface area contributed by atoms with Crippen molar-refractivity contribution in [1.82, 2.24) is 0 Å². The van der Waals surface area contributed by atoms with Gasteiger partial charge in [-0.2, -0.15) is 0 Å². The minimum atomic E-state index is 0. The number of benzene rings is 1. The van der Waals surface area contributed by atoms with Gasteiger partial charge in [0, 0.05) is 0 Å². The van der Waals surface area contributed by atoms with Crippen molar-refractivity contribution in [3.05, 3.63) is 28.2 Å². The van der Waals surface area contributed by atoms with Crippen LogP contribution in [-0.4, -0.2) is 42.8 Å². The summed E-state index contributed by atoms with van der Waals surface area (Å²) in [4.78, 5) is 0. The number of aromatic hydroxyl groups is 1. The minimum absolute atomic E-state index is 0. The fourth-order valence-electron chi connectivity index (χ4n) is 0.492. The van der Waals surface area contributed by atoms with Gasteiger partial charge in [-0.3, -0.25) is 0 Å². The van der Waals surface area contributed by atoms with E-state index in [0.29, 0.717) is 5.02 Å². The van der Waals surface area contributed by atoms with E-state index in [9.17, 15) is 0 Å². The van der Waals surface area contributed by atoms with Crippen LogP contribution in [0.15, 0.2) is 18.2 Å². The van der Waals surface area contributed by atoms with Crippen LogP contribution in [0.25, 0.3) is 0 Å². The molecule has 1 nitrogen and oxygen atoms in total. The molecule has 0 aliphatic carbocycles. The number of phenols is 1. The Morgan fingerprint density at radius 2 is 1.80 bits per heavy atom. The van der Waals surface area contributed by atoms with E-state index in [0.717, 1.165) is 0 Å². The van der Waals surface area contributed by atoms with Crippen LogP contribution in [0.3, 0.4) is 0 Å². The van der Waals surface area contributed by atoms with Gasteiger partial charge in [0.25, 0.3) is 0 Å². The third-order valence-corrected chi connectivity index (χ3v) is 1.74. The Bertz CT molecular complexity index is 207. The summed E-state index contributed by atoms with van der Waals surface area (Å²) in [6, 6.07) is 4.72. The summed E-state index contributed by atoms with van der Waals surface area (Å²) in [5, 5.41) is 9.46. The van der Waals surface area contributed by atoms with Crippen LogP contribution in [0.1, 0.15) is 0 Å². The van der Waals surface area contributed by atoms with Gasteiger partial charge in [0.1, 0.15) is 10.8 Å². The van der Waals surface area contributed by atoms with Crippen molar-refractivity contribution in [2.45, 2.75) is 0 Å². The van der Waals surface area contributed by atoms with Gasteiger partial charge in [-0.05, 0) is 12.1 Å². The molecule has 10 heavy (non-hydrogen) atoms. The van der Waals surface area contributed by atoms with E-state index in [1.165, 1.54) is 6.07 Å². The van der Waals surface area contributed by atoms with Gasteiger partial charge in [-0.15, -0.1) is 0 Å². The number of rotatable bonds is 0. The van der Waals surface area contributed by atoms with Crippen molar-refractivity contribution >= 4 is 60.9 Å². The molecule has 0 bridgehead atoms. The molecule has 0 saturated heterocycles. The van der Waals surface area contributed by atoms with E-state index in [1.54, 1.807) is 12.1 Å². The summed E-state index contributed by atoms with van der Waals surface area (Å²) < 4.78 is 0. The third-order valence-electron chi connectivity index (χ3n) is 0.931. The second-order valence-corrected chi connectivity index (χ2v) is 2.36. The van der Waals surface area contributed by atoms with Crippen molar-refractivity contribution in [1.29, 1.82) is 0 Å². The molecule has 0 aliphatic rings. The van der Waals surface area contributed by atoms with Crippen molar-refractivity contribution in [3.8, 4) is 5.75 Å². The van der Waals surface area contributed by atoms with E-state index in [4.69, 9.17) is 28.3 Å². The molecule has 0 heterocycles. The predicted molar refractivity (Wildman–Crippen MR) is 46.7 cm³/mol. The van der Waals surface area contributed by atoms with Gasteiger partial charge in [-0.1, -0.05) is 29.3 Å². The van der Waals surface area contributed by atoms with Crippen molar-refractivity contribution in [2.75, 3.05) is 0 Å². The van der Waals surface area contributed by atoms with Gasteiger partial charge in [0.05, 0.1) is 5.02 Å². The zero-order chi connectivity index (χ0) is 6.85. The summed E-state index contributed by atoms with van der Waals surface area (Å²) >= 11 is 11.0. The number of phenolic OH excluding ortho intramolecular Hbond substituents is 1. The Morgan fingerprint density at radius 3 is 2.20 bits per heavy atom. The Labute approximate surface area is 98.9 Å². The second-order valence-electron chi connectivity index (χ2n) is 1.57. The molecule has 0 saturated carbocycles. The average molecular weight is 205 g/mol. The first kappa shape index (κ1) is 10.9. The summed E-state index contributed by atoms with van der Waals surface area (Å²) in [5.74, 6) is 0.0177. The summed E-state index contributed by atoms with van der Waals surface area (Å²) in [7, 11) is 0. The quantitative estimate of drug-likeness (QED) is 0.640. The third kappa shape index (κ3) is 2.48. The summed E-state index contributed by atoms with van der Waals surface area (Å²) in [6.07, 6.45) is 0. The van der Waals surface area contributed by atoms with Crippen molar-refractivity contribution in [2.24, 2.45) is 0 Å². The van der Waals surface area contributed by atoms with Crippen LogP contribution in [0.4, 0.5) is 0 Å². The fourth-order valence-corrected chi connectivity index (χ4v) is 0.788. The first-order valence-corrected chi connectivity index (χ1v) is 3.10. The van der Waals surface area contributed by atoms with Gasteiger partial charge in [-0.25, -0.2) is 0 Å². The molecule has 0 radical (unpaired) electrons. The fraction of sp³-hybridized carbons (Fsp3) is 0. The molecule has 0 unspecified atom stereocenters. The molecule has 1 rings (SSSR count). The van der Waals surface area contributed by atoms with Gasteiger partial charge < -0.3 is 5.11 Å². The van der Waals surface area contributed by atoms with Crippen LogP contribution >= 0.6 is 23.2 Å². The average Bonchev–Trinajstić information content (AvgIpc) is 1.83. The molecule has 0 aromatic heterocycles. The first-order chi connectivity index (χ1) is 4.22. The van der Waals surface area contributed by atoms with E-state index in [1.807, 2.05) is 0 Å². The topological polar surface area (TPSA) is 20.2 Å². The van der Waals surface area contributed by atoms with Crippen LogP contribution in [0, 0.1) is 0 Å². The Hall–Kier alpha value is 0.860. The maximum absolute atomic E-state index is 8.88. The summed E-state index contributed by atoms with van der Waals surface area (Å²) in [5.41, 5.74) is 0. The second kappa shape index (κ2) is 4.68. The number of hydrogen-bond acceptors (Lipinski definition) is 1. The standard InChI is InChI=1S/C6H4Cl2O.Ca.2H/c7-4-2-1-3-5(9)6(4)8;;;/h1-3,9H;;;. The Morgan fingerprint density at radius 1 is 1.20 bits per heavy atom. The molecule has 52 valence electrons. The monoisotopic (exact) mass is 204 g/mol. The SMILES string of the molecule is Oc1cccc(Cl)c1Cl.[CaH2]. The molecular formula is C6H6CaCl2O. The molecule has 0 amide bonds. The van der Waals surface area contributed by atoms with Crippen LogP contribution in [-0.2, 0) is 0 Å². The van der Waals surface area contributed by atoms with E-state index in [2.05, 4.69) is 0 Å². The van der Waals surface area contributed by atoms with E-state index < -0.39 is 0 Å². The zero-order valence-corrected chi connectivity index (χ0v) is 5.95. The van der Waals surface area contributed by atoms with Crippen LogP contribution < -0.4 is 0 Å². The van der Waals surface area contributed by atoms with Gasteiger partial charge >= 0.3 is 37.7 Å². The van der Waals surface area contributed by atoms with E-state index in [-0.39, 0.29) is 48.5 Å². The molecule has 4 heteroatoms. The molecule has 1 N–H and O–H groups in total. The molecule has 0 spiro atoms. The van der Waals surface area contributed by atoms with Gasteiger partial charge in [0.2, 0.25) is 0 Å². The molecular weight excluding hydrogens is 199 g/mol. The first-order valence-electron chi connectivity index (χ1n) is 2.35. The Kier molecular flexibility index (Phi) is 5.08. The predicted octanol–water partition coefficient (Wildman–Crippen LogP) is 1.78. The normalized spacial score (nSPS) is 8.60. The van der Waals surface area contributed by atoms with Crippen LogP contribution in [0.2, 0.25) is 10.0 Å². The number of halogens is 2. The maximum atomic E-state index is 8.88. The zero-order valence-electron chi connectivity index (χ0n) is 4.44. The molecule has 0 aliphatic heterocycles. The van der Waals surface area contributed by atoms with E-state index >= 15 is 0 Å². The van der Waals surface area contributed by atoms with Crippen molar-refractivity contribution in [3.63, 3.8) is 0 Å². The molecule has 1 aromatic rings.